The molecule has 2 aromatic carbocycles. The molecule has 1 atom stereocenters. The van der Waals surface area contributed by atoms with E-state index < -0.39 is 19.2 Å². The minimum atomic E-state index is -2.43. The summed E-state index contributed by atoms with van der Waals surface area (Å²) in [5.74, 6) is 1.45. The van der Waals surface area contributed by atoms with Crippen molar-refractivity contribution in [3.05, 3.63) is 63.7 Å². The lowest BCUT2D eigenvalue weighted by atomic mass is 9.92. The third kappa shape index (κ3) is 4.68. The highest BCUT2D eigenvalue weighted by Crippen LogP contribution is 2.41. The number of aromatic nitrogens is 3. The van der Waals surface area contributed by atoms with E-state index in [9.17, 15) is 4.79 Å². The van der Waals surface area contributed by atoms with Gasteiger partial charge in [-0.2, -0.15) is 0 Å². The topological polar surface area (TPSA) is 82.6 Å². The Balaban J connectivity index is 1.46. The molecule has 0 unspecified atom stereocenters. The zero-order valence-electron chi connectivity index (χ0n) is 24.6. The van der Waals surface area contributed by atoms with E-state index in [1.54, 1.807) is 23.1 Å². The van der Waals surface area contributed by atoms with Gasteiger partial charge >= 0.3 is 6.09 Å². The summed E-state index contributed by atoms with van der Waals surface area (Å²) in [6, 6.07) is 10.8. The van der Waals surface area contributed by atoms with E-state index in [4.69, 9.17) is 46.3 Å². The predicted octanol–water partition coefficient (Wildman–Crippen LogP) is 7.83. The lowest BCUT2D eigenvalue weighted by molar-refractivity contribution is 0.0582. The lowest BCUT2D eigenvalue weighted by Gasteiger charge is -2.37. The number of anilines is 1. The number of benzene rings is 2. The second kappa shape index (κ2) is 10.5. The zero-order valence-corrected chi connectivity index (χ0v) is 23.1. The van der Waals surface area contributed by atoms with E-state index in [0.717, 1.165) is 39.4 Å². The Labute approximate surface area is 241 Å². The molecule has 0 radical (unpaired) electrons. The van der Waals surface area contributed by atoms with Crippen LogP contribution in [0.1, 0.15) is 65.6 Å². The number of hydrogen-bond acceptors (Lipinski definition) is 6. The number of rotatable bonds is 5. The van der Waals surface area contributed by atoms with Crippen molar-refractivity contribution in [2.75, 3.05) is 18.5 Å². The minimum absolute atomic E-state index is 0.0277. The van der Waals surface area contributed by atoms with Gasteiger partial charge < -0.3 is 18.6 Å². The number of imidazole rings is 1. The fraction of sp³-hybridized carbons (Fsp3) is 0.414. The van der Waals surface area contributed by atoms with Crippen LogP contribution in [0.15, 0.2) is 40.9 Å². The van der Waals surface area contributed by atoms with Gasteiger partial charge in [0, 0.05) is 30.8 Å². The first kappa shape index (κ1) is 22.7. The number of amides is 1. The molecular formula is C29H30Cl2N4O4. The van der Waals surface area contributed by atoms with Crippen LogP contribution in [-0.2, 0) is 9.47 Å². The summed E-state index contributed by atoms with van der Waals surface area (Å²) in [4.78, 5) is 20.0. The van der Waals surface area contributed by atoms with Crippen LogP contribution in [0.3, 0.4) is 0 Å². The summed E-state index contributed by atoms with van der Waals surface area (Å²) in [6.07, 6.45) is 2.29. The Hall–Kier alpha value is -3.07. The number of nitrogens with zero attached hydrogens (tertiary/aromatic N) is 4. The van der Waals surface area contributed by atoms with Gasteiger partial charge in [-0.1, -0.05) is 34.4 Å². The van der Waals surface area contributed by atoms with Crippen LogP contribution in [0.5, 0.6) is 0 Å². The number of cyclic esters (lactones) is 1. The lowest BCUT2D eigenvalue weighted by Crippen LogP contribution is -2.42. The van der Waals surface area contributed by atoms with Gasteiger partial charge in [0.1, 0.15) is 17.6 Å². The summed E-state index contributed by atoms with van der Waals surface area (Å²) >= 11 is 12.5. The van der Waals surface area contributed by atoms with Crippen molar-refractivity contribution in [1.29, 1.82) is 0 Å². The first-order chi connectivity index (χ1) is 20.0. The molecule has 1 saturated carbocycles. The minimum Gasteiger partial charge on any atom is -0.449 e. The maximum absolute atomic E-state index is 13.2. The van der Waals surface area contributed by atoms with Crippen molar-refractivity contribution in [1.82, 2.24) is 14.7 Å². The monoisotopic (exact) mass is 571 g/mol. The molecule has 1 aliphatic carbocycles. The van der Waals surface area contributed by atoms with Crippen molar-refractivity contribution in [2.24, 2.45) is 0 Å². The van der Waals surface area contributed by atoms with Gasteiger partial charge in [0.05, 0.1) is 43.6 Å². The van der Waals surface area contributed by atoms with Crippen molar-refractivity contribution in [2.45, 2.75) is 64.1 Å². The van der Waals surface area contributed by atoms with Crippen molar-refractivity contribution < 1.29 is 22.9 Å². The number of aryl methyl sites for hydroxylation is 2. The quantitative estimate of drug-likeness (QED) is 0.242. The number of carbonyl (C=O) groups excluding carboxylic acids is 1. The van der Waals surface area contributed by atoms with Gasteiger partial charge in [-0.05, 0) is 75.4 Å². The molecule has 8 nitrogen and oxygen atoms in total. The first-order valence-electron chi connectivity index (χ1n) is 14.5. The molecule has 204 valence electrons. The highest BCUT2D eigenvalue weighted by molar-refractivity contribution is 6.42. The average molecular weight is 573 g/mol. The van der Waals surface area contributed by atoms with Crippen LogP contribution in [0.2, 0.25) is 10.0 Å². The maximum atomic E-state index is 13.2. The summed E-state index contributed by atoms with van der Waals surface area (Å²) in [5.41, 5.74) is 4.91. The smallest absolute Gasteiger partial charge is 0.414 e. The molecule has 1 amide bonds. The van der Waals surface area contributed by atoms with E-state index in [2.05, 4.69) is 9.72 Å². The second-order valence-corrected chi connectivity index (χ2v) is 11.0. The standard InChI is InChI=1S/C29H30Cl2N4O4/c1-16-27(17(2)39-33-16)18-4-11-25-24(14-18)32-28(34(25)19-5-8-21(37-3)9-6-19)26-12-13-38-29(36)35(26)20-7-10-22(30)23(31)15-20/h4,7,10-11,14-15,19,21,26H,5-6,8-9,12-13H2,1-3H3/t19?,21?,26-/m0/s1/i3D3. The summed E-state index contributed by atoms with van der Waals surface area (Å²) in [5, 5.41) is 4.83. The molecule has 0 spiro atoms. The average Bonchev–Trinajstić information content (AvgIpc) is 3.48. The van der Waals surface area contributed by atoms with E-state index in [1.165, 1.54) is 0 Å². The van der Waals surface area contributed by atoms with Gasteiger partial charge in [0.25, 0.3) is 0 Å². The number of carbonyl (C=O) groups is 1. The summed E-state index contributed by atoms with van der Waals surface area (Å²) in [6.45, 7) is 4.03. The summed E-state index contributed by atoms with van der Waals surface area (Å²) < 4.78 is 41.0. The first-order valence-corrected chi connectivity index (χ1v) is 13.8. The third-order valence-corrected chi connectivity index (χ3v) is 8.56. The van der Waals surface area contributed by atoms with Crippen LogP contribution in [0.4, 0.5) is 10.5 Å². The Morgan fingerprint density at radius 2 is 1.87 bits per heavy atom. The fourth-order valence-electron chi connectivity index (χ4n) is 5.96. The number of fused-ring (bicyclic) bond motifs is 1. The maximum Gasteiger partial charge on any atom is 0.414 e. The van der Waals surface area contributed by atoms with Crippen LogP contribution in [0.25, 0.3) is 22.2 Å². The number of hydrogen-bond donors (Lipinski definition) is 0. The van der Waals surface area contributed by atoms with Crippen molar-refractivity contribution in [3.8, 4) is 11.1 Å². The normalized spacial score (nSPS) is 23.4. The van der Waals surface area contributed by atoms with Gasteiger partial charge in [-0.15, -0.1) is 0 Å². The molecule has 3 heterocycles. The molecular weight excluding hydrogens is 539 g/mol. The van der Waals surface area contributed by atoms with Crippen molar-refractivity contribution in [3.63, 3.8) is 0 Å². The van der Waals surface area contributed by atoms with E-state index in [1.807, 2.05) is 32.0 Å². The SMILES string of the molecule is [2H]C([2H])([2H])OC1CCC(n2c([C@@H]3CCOC(=O)N3c3ccc(Cl)c(Cl)c3)nc3cc(-c4c(C)noc4C)ccc32)CC1. The fourth-order valence-corrected chi connectivity index (χ4v) is 6.25. The van der Waals surface area contributed by atoms with Gasteiger partial charge in [0.2, 0.25) is 0 Å². The predicted molar refractivity (Wildman–Crippen MR) is 151 cm³/mol. The number of methoxy groups -OCH3 is 1. The van der Waals surface area contributed by atoms with Crippen molar-refractivity contribution >= 4 is 46.0 Å². The Morgan fingerprint density at radius 3 is 2.59 bits per heavy atom. The van der Waals surface area contributed by atoms with Gasteiger partial charge in [-0.25, -0.2) is 9.78 Å². The molecule has 6 rings (SSSR count). The van der Waals surface area contributed by atoms with E-state index in [0.29, 0.717) is 47.8 Å². The number of halogens is 2. The van der Waals surface area contributed by atoms with Crippen LogP contribution in [0, 0.1) is 13.8 Å². The molecule has 2 fully saturated rings. The van der Waals surface area contributed by atoms with Crippen LogP contribution < -0.4 is 4.90 Å². The molecule has 1 saturated heterocycles. The zero-order chi connectivity index (χ0) is 29.8. The Kier molecular flexibility index (Phi) is 6.11. The molecule has 2 aromatic heterocycles. The molecule has 2 aliphatic rings. The molecule has 0 N–H and O–H groups in total. The highest BCUT2D eigenvalue weighted by atomic mass is 35.5. The van der Waals surface area contributed by atoms with Gasteiger partial charge in [0.15, 0.2) is 0 Å². The molecule has 4 aromatic rings. The van der Waals surface area contributed by atoms with Crippen LogP contribution >= 0.6 is 23.2 Å². The molecule has 1 aliphatic heterocycles. The van der Waals surface area contributed by atoms with E-state index >= 15 is 0 Å². The largest absolute Gasteiger partial charge is 0.449 e. The summed E-state index contributed by atoms with van der Waals surface area (Å²) in [7, 11) is -2.43. The Morgan fingerprint density at radius 1 is 1.05 bits per heavy atom. The second-order valence-electron chi connectivity index (χ2n) is 10.2. The molecule has 10 heteroatoms. The Bertz CT molecular complexity index is 1630. The molecule has 0 bridgehead atoms. The third-order valence-electron chi connectivity index (χ3n) is 7.82. The number of ether oxygens (including phenoxy) is 2. The van der Waals surface area contributed by atoms with E-state index in [-0.39, 0.29) is 18.8 Å². The van der Waals surface area contributed by atoms with Gasteiger partial charge in [-0.3, -0.25) is 4.90 Å². The van der Waals surface area contributed by atoms with Crippen LogP contribution in [-0.4, -0.2) is 40.5 Å². The highest BCUT2D eigenvalue weighted by Gasteiger charge is 2.38. The molecule has 39 heavy (non-hydrogen) atoms.